The van der Waals surface area contributed by atoms with Crippen molar-refractivity contribution in [3.8, 4) is 28.1 Å². The van der Waals surface area contributed by atoms with Gasteiger partial charge in [-0.25, -0.2) is 5.43 Å². The van der Waals surface area contributed by atoms with Gasteiger partial charge in [-0.05, 0) is 103 Å². The van der Waals surface area contributed by atoms with Crippen molar-refractivity contribution in [1.82, 2.24) is 35.1 Å². The summed E-state index contributed by atoms with van der Waals surface area (Å²) in [6, 6.07) is 12.5. The number of benzene rings is 2. The number of likely N-dealkylation sites (tertiary alicyclic amines) is 1. The molecule has 2 aromatic carbocycles. The Morgan fingerprint density at radius 2 is 1.89 bits per heavy atom. The highest BCUT2D eigenvalue weighted by atomic mass is 16.5. The van der Waals surface area contributed by atoms with Gasteiger partial charge in [-0.2, -0.15) is 0 Å². The number of esters is 1. The molecule has 2 saturated heterocycles. The van der Waals surface area contributed by atoms with Gasteiger partial charge >= 0.3 is 5.97 Å². The number of aromatic nitrogens is 2. The van der Waals surface area contributed by atoms with Crippen molar-refractivity contribution < 1.29 is 38.6 Å². The molecule has 2 aromatic heterocycles. The lowest BCUT2D eigenvalue weighted by Crippen LogP contribution is -2.62. The van der Waals surface area contributed by atoms with Crippen molar-refractivity contribution >= 4 is 40.5 Å². The van der Waals surface area contributed by atoms with Crippen LogP contribution in [0.1, 0.15) is 70.7 Å². The highest BCUT2D eigenvalue weighted by Gasteiger charge is 2.40. The second kappa shape index (κ2) is 19.6. The number of amides is 4. The maximum Gasteiger partial charge on any atom is 0.324 e. The molecule has 6 bridgehead atoms. The van der Waals surface area contributed by atoms with Gasteiger partial charge in [-0.3, -0.25) is 34.0 Å². The molecule has 15 nitrogen and oxygen atoms in total. The van der Waals surface area contributed by atoms with Crippen molar-refractivity contribution in [1.29, 1.82) is 0 Å². The Morgan fingerprint density at radius 1 is 1.11 bits per heavy atom. The number of hydrogen-bond donors (Lipinski definition) is 3. The van der Waals surface area contributed by atoms with Crippen LogP contribution in [0.15, 0.2) is 67.4 Å². The maximum atomic E-state index is 14.7. The predicted molar refractivity (Wildman–Crippen MR) is 247 cm³/mol. The van der Waals surface area contributed by atoms with Gasteiger partial charge in [0, 0.05) is 74.8 Å². The van der Waals surface area contributed by atoms with Gasteiger partial charge in [0.1, 0.15) is 23.9 Å². The number of ether oxygens (including phenoxy) is 2. The third-order valence-corrected chi connectivity index (χ3v) is 13.0. The van der Waals surface area contributed by atoms with Crippen LogP contribution in [0.5, 0.6) is 5.75 Å². The number of carbonyl (C=O) groups excluding carboxylic acids is 5. The maximum absolute atomic E-state index is 14.7. The zero-order chi connectivity index (χ0) is 46.7. The lowest BCUT2D eigenvalue weighted by molar-refractivity contribution is -0.155. The molecule has 4 atom stereocenters. The van der Waals surface area contributed by atoms with Crippen molar-refractivity contribution in [3.63, 3.8) is 0 Å². The number of aromatic hydroxyl groups is 1. The quantitative estimate of drug-likeness (QED) is 0.138. The standard InChI is InChI=1S/C50H63N7O8/c1-9-43(59)55-20-17-33(27-55)47(61)54(7)44(30(3)4)46(60)52-40-23-31-21-34(24-35(58)22-31)32-15-16-42-37(25-32)38(45(56(42)10-2)36-13-11-18-51-41(36)28-64-8)26-50(5,6)29-65-49(63)39-14-12-19-57(53-39)48(40)62/h9,11,13,15-16,18,21-22,24-25,30,33,39-40,44,53,58H,1,10,12,14,17,19-20,23,26-29H2,2-8H3,(H,52,60)/t33-,39-,40-,44-/m0/s1. The van der Waals surface area contributed by atoms with Crippen LogP contribution < -0.4 is 10.7 Å². The van der Waals surface area contributed by atoms with E-state index >= 15 is 0 Å². The van der Waals surface area contributed by atoms with E-state index in [9.17, 15) is 29.1 Å². The van der Waals surface area contributed by atoms with E-state index in [0.29, 0.717) is 56.5 Å². The highest BCUT2D eigenvalue weighted by Crippen LogP contribution is 2.41. The number of phenols is 1. The first-order valence-electron chi connectivity index (χ1n) is 22.7. The van der Waals surface area contributed by atoms with E-state index in [1.165, 1.54) is 16.0 Å². The minimum Gasteiger partial charge on any atom is -0.508 e. The molecular weight excluding hydrogens is 827 g/mol. The molecule has 3 aliphatic heterocycles. The molecule has 3 N–H and O–H groups in total. The number of aryl methyl sites for hydroxylation is 1. The van der Waals surface area contributed by atoms with E-state index < -0.39 is 47.2 Å². The number of pyridine rings is 1. The first-order valence-corrected chi connectivity index (χ1v) is 22.7. The van der Waals surface area contributed by atoms with Crippen molar-refractivity contribution in [2.24, 2.45) is 17.3 Å². The molecule has 65 heavy (non-hydrogen) atoms. The first-order chi connectivity index (χ1) is 31.0. The van der Waals surface area contributed by atoms with Gasteiger partial charge in [0.05, 0.1) is 30.5 Å². The number of likely N-dealkylation sites (N-methyl/N-ethyl adjacent to an activating group) is 1. The lowest BCUT2D eigenvalue weighted by atomic mass is 9.84. The number of cyclic esters (lactones) is 1. The van der Waals surface area contributed by atoms with Crippen LogP contribution in [0.2, 0.25) is 0 Å². The van der Waals surface area contributed by atoms with Crippen LogP contribution in [-0.2, 0) is 59.4 Å². The Hall–Kier alpha value is -6.06. The van der Waals surface area contributed by atoms with Gasteiger partial charge in [0.15, 0.2) is 0 Å². The molecule has 3 aliphatic rings. The highest BCUT2D eigenvalue weighted by molar-refractivity contribution is 5.96. The molecule has 0 spiro atoms. The average molecular weight is 890 g/mol. The monoisotopic (exact) mass is 889 g/mol. The van der Waals surface area contributed by atoms with Crippen LogP contribution >= 0.6 is 0 Å². The van der Waals surface area contributed by atoms with E-state index in [1.807, 2.05) is 32.0 Å². The summed E-state index contributed by atoms with van der Waals surface area (Å²) in [5.74, 6) is -2.86. The Labute approximate surface area is 381 Å². The van der Waals surface area contributed by atoms with Crippen LogP contribution in [-0.4, -0.2) is 118 Å². The van der Waals surface area contributed by atoms with Crippen LogP contribution in [0, 0.1) is 17.3 Å². The summed E-state index contributed by atoms with van der Waals surface area (Å²) in [5.41, 5.74) is 9.54. The van der Waals surface area contributed by atoms with E-state index in [0.717, 1.165) is 39.0 Å². The average Bonchev–Trinajstić information content (AvgIpc) is 3.90. The second-order valence-corrected chi connectivity index (χ2v) is 18.8. The van der Waals surface area contributed by atoms with Crippen molar-refractivity contribution in [2.45, 2.75) is 98.0 Å². The zero-order valence-electron chi connectivity index (χ0n) is 38.7. The van der Waals surface area contributed by atoms with Gasteiger partial charge in [0.25, 0.3) is 5.91 Å². The van der Waals surface area contributed by atoms with Crippen molar-refractivity contribution in [2.75, 3.05) is 40.4 Å². The number of hydrogen-bond acceptors (Lipinski definition) is 10. The molecule has 4 aromatic rings. The molecule has 0 aliphatic carbocycles. The number of carbonyl (C=O) groups is 5. The van der Waals surface area contributed by atoms with Crippen LogP contribution in [0.25, 0.3) is 33.3 Å². The SMILES string of the molecule is C=CC(=O)N1CC[C@H](C(=O)N(C)[C@H](C(=O)N[C@H]2Cc3cc(O)cc(c3)-c3ccc4c(c3)c(c(-c3cccnc3COC)n4CC)CC(C)(C)COC(=O)[C@@H]3CCCN(N3)C2=O)C(C)C)C1. The molecular formula is C50H63N7O8. The Balaban J connectivity index is 1.30. The normalized spacial score (nSPS) is 20.6. The van der Waals surface area contributed by atoms with Gasteiger partial charge in [-0.1, -0.05) is 46.4 Å². The Bertz CT molecular complexity index is 2480. The molecule has 2 fully saturated rings. The fourth-order valence-corrected chi connectivity index (χ4v) is 9.82. The Morgan fingerprint density at radius 3 is 2.62 bits per heavy atom. The minimum absolute atomic E-state index is 0.00960. The minimum atomic E-state index is -1.16. The largest absolute Gasteiger partial charge is 0.508 e. The van der Waals surface area contributed by atoms with Crippen molar-refractivity contribution in [3.05, 3.63) is 84.2 Å². The number of phenolic OH excluding ortho intramolecular Hbond substituents is 1. The van der Waals surface area contributed by atoms with Gasteiger partial charge < -0.3 is 34.3 Å². The van der Waals surface area contributed by atoms with E-state index in [4.69, 9.17) is 14.5 Å². The van der Waals surface area contributed by atoms with Crippen LogP contribution in [0.3, 0.4) is 0 Å². The van der Waals surface area contributed by atoms with Gasteiger partial charge in [0.2, 0.25) is 17.7 Å². The molecule has 346 valence electrons. The number of nitrogens with one attached hydrogen (secondary N) is 2. The summed E-state index contributed by atoms with van der Waals surface area (Å²) in [7, 11) is 3.23. The number of fused-ring (bicyclic) bond motifs is 6. The summed E-state index contributed by atoms with van der Waals surface area (Å²) >= 11 is 0. The summed E-state index contributed by atoms with van der Waals surface area (Å²) in [5, 5.41) is 16.7. The number of hydrazine groups is 1. The number of nitrogens with zero attached hydrogens (tertiary/aromatic N) is 5. The summed E-state index contributed by atoms with van der Waals surface area (Å²) in [6.07, 6.45) is 4.93. The fourth-order valence-electron chi connectivity index (χ4n) is 9.82. The molecule has 4 amide bonds. The molecule has 15 heteroatoms. The topological polar surface area (TPSA) is 176 Å². The fraction of sp³-hybridized carbons (Fsp3) is 0.480. The zero-order valence-corrected chi connectivity index (χ0v) is 38.7. The molecule has 0 radical (unpaired) electrons. The molecule has 0 saturated carbocycles. The Kier molecular flexibility index (Phi) is 14.1. The smallest absolute Gasteiger partial charge is 0.324 e. The van der Waals surface area contributed by atoms with E-state index in [1.54, 1.807) is 37.4 Å². The predicted octanol–water partition coefficient (Wildman–Crippen LogP) is 5.41. The van der Waals surface area contributed by atoms with Gasteiger partial charge in [-0.15, -0.1) is 0 Å². The number of methoxy groups -OCH3 is 1. The molecule has 7 rings (SSSR count). The first kappa shape index (κ1) is 46.9. The lowest BCUT2D eigenvalue weighted by Gasteiger charge is -2.37. The third kappa shape index (κ3) is 9.96. The molecule has 5 heterocycles. The van der Waals surface area contributed by atoms with Crippen LogP contribution in [0.4, 0.5) is 0 Å². The summed E-state index contributed by atoms with van der Waals surface area (Å²) in [6.45, 7) is 15.5. The second-order valence-electron chi connectivity index (χ2n) is 18.8. The number of rotatable bonds is 10. The summed E-state index contributed by atoms with van der Waals surface area (Å²) in [4.78, 5) is 77.0. The third-order valence-electron chi connectivity index (χ3n) is 13.0. The van der Waals surface area contributed by atoms with E-state index in [-0.39, 0.29) is 49.6 Å². The molecule has 0 unspecified atom stereocenters. The van der Waals surface area contributed by atoms with E-state index in [2.05, 4.69) is 60.9 Å². The summed E-state index contributed by atoms with van der Waals surface area (Å²) < 4.78 is 14.0.